The third kappa shape index (κ3) is 2.47. The largest absolute Gasteiger partial charge is 0.472 e. The van der Waals surface area contributed by atoms with Crippen molar-refractivity contribution in [2.45, 2.75) is 6.54 Å². The maximum absolute atomic E-state index is 5.77. The highest BCUT2D eigenvalue weighted by Gasteiger charge is 2.04. The summed E-state index contributed by atoms with van der Waals surface area (Å²) < 4.78 is 4.99. The molecule has 0 amide bonds. The van der Waals surface area contributed by atoms with Crippen LogP contribution in [0.5, 0.6) is 0 Å². The summed E-state index contributed by atoms with van der Waals surface area (Å²) >= 11 is 5.77. The van der Waals surface area contributed by atoms with Crippen molar-refractivity contribution in [3.8, 4) is 0 Å². The van der Waals surface area contributed by atoms with Gasteiger partial charge in [-0.3, -0.25) is 0 Å². The van der Waals surface area contributed by atoms with Crippen molar-refractivity contribution < 1.29 is 4.42 Å². The van der Waals surface area contributed by atoms with E-state index in [1.807, 2.05) is 18.0 Å². The molecule has 0 unspecified atom stereocenters. The van der Waals surface area contributed by atoms with Crippen molar-refractivity contribution in [1.82, 2.24) is 9.97 Å². The second kappa shape index (κ2) is 4.31. The van der Waals surface area contributed by atoms with Gasteiger partial charge >= 0.3 is 0 Å². The first-order chi connectivity index (χ1) is 7.25. The van der Waals surface area contributed by atoms with E-state index in [1.165, 1.54) is 6.33 Å². The van der Waals surface area contributed by atoms with Crippen LogP contribution in [0.1, 0.15) is 5.56 Å². The lowest BCUT2D eigenvalue weighted by molar-refractivity contribution is 0.563. The van der Waals surface area contributed by atoms with E-state index in [0.29, 0.717) is 5.15 Å². The molecule has 78 valence electrons. The lowest BCUT2D eigenvalue weighted by Crippen LogP contribution is -2.17. The molecule has 0 atom stereocenters. The summed E-state index contributed by atoms with van der Waals surface area (Å²) in [6.07, 6.45) is 4.80. The number of nitrogens with zero attached hydrogens (tertiary/aromatic N) is 3. The van der Waals surface area contributed by atoms with Crippen LogP contribution in [0.15, 0.2) is 35.4 Å². The average molecular weight is 224 g/mol. The average Bonchev–Trinajstić information content (AvgIpc) is 2.70. The number of furan rings is 1. The molecule has 2 heterocycles. The monoisotopic (exact) mass is 223 g/mol. The van der Waals surface area contributed by atoms with Crippen molar-refractivity contribution in [3.05, 3.63) is 41.7 Å². The molecule has 0 radical (unpaired) electrons. The lowest BCUT2D eigenvalue weighted by Gasteiger charge is -2.16. The van der Waals surface area contributed by atoms with Gasteiger partial charge in [0.1, 0.15) is 17.3 Å². The molecule has 0 bridgehead atoms. The molecular weight excluding hydrogens is 214 g/mol. The molecule has 0 saturated carbocycles. The Morgan fingerprint density at radius 2 is 2.33 bits per heavy atom. The van der Waals surface area contributed by atoms with Crippen LogP contribution < -0.4 is 4.90 Å². The highest BCUT2D eigenvalue weighted by atomic mass is 35.5. The number of anilines is 1. The fourth-order valence-electron chi connectivity index (χ4n) is 1.27. The molecule has 0 aliphatic rings. The first-order valence-electron chi connectivity index (χ1n) is 4.45. The molecule has 0 N–H and O–H groups in total. The zero-order chi connectivity index (χ0) is 10.7. The Labute approximate surface area is 92.5 Å². The summed E-state index contributed by atoms with van der Waals surface area (Å²) in [4.78, 5) is 9.92. The minimum Gasteiger partial charge on any atom is -0.472 e. The minimum absolute atomic E-state index is 0.444. The van der Waals surface area contributed by atoms with Crippen LogP contribution in [0, 0.1) is 0 Å². The van der Waals surface area contributed by atoms with Crippen molar-refractivity contribution in [3.63, 3.8) is 0 Å². The molecule has 2 rings (SSSR count). The first kappa shape index (κ1) is 9.98. The molecular formula is C10H10ClN3O. The van der Waals surface area contributed by atoms with Crippen LogP contribution in [0.2, 0.25) is 5.15 Å². The van der Waals surface area contributed by atoms with E-state index in [0.717, 1.165) is 17.9 Å². The van der Waals surface area contributed by atoms with Gasteiger partial charge in [0, 0.05) is 25.2 Å². The number of halogens is 1. The van der Waals surface area contributed by atoms with Gasteiger partial charge in [-0.2, -0.15) is 0 Å². The standard InChI is InChI=1S/C10H10ClN3O/c1-14(5-8-2-3-15-6-8)10-4-9(11)12-7-13-10/h2-4,6-7H,5H2,1H3. The Morgan fingerprint density at radius 3 is 3.00 bits per heavy atom. The number of hydrogen-bond donors (Lipinski definition) is 0. The SMILES string of the molecule is CN(Cc1ccoc1)c1cc(Cl)ncn1. The zero-order valence-corrected chi connectivity index (χ0v) is 8.98. The second-order valence-electron chi connectivity index (χ2n) is 3.19. The van der Waals surface area contributed by atoms with E-state index in [2.05, 4.69) is 9.97 Å². The lowest BCUT2D eigenvalue weighted by atomic mass is 10.3. The first-order valence-corrected chi connectivity index (χ1v) is 4.83. The quantitative estimate of drug-likeness (QED) is 0.750. The van der Waals surface area contributed by atoms with Gasteiger partial charge in [-0.1, -0.05) is 11.6 Å². The molecule has 2 aromatic rings. The Balaban J connectivity index is 2.11. The number of aromatic nitrogens is 2. The molecule has 0 fully saturated rings. The molecule has 4 nitrogen and oxygen atoms in total. The molecule has 15 heavy (non-hydrogen) atoms. The van der Waals surface area contributed by atoms with E-state index in [1.54, 1.807) is 18.6 Å². The Kier molecular flexibility index (Phi) is 2.87. The predicted octanol–water partition coefficient (Wildman–Crippen LogP) is 2.36. The summed E-state index contributed by atoms with van der Waals surface area (Å²) in [5.74, 6) is 0.788. The van der Waals surface area contributed by atoms with Crippen LogP contribution in [0.4, 0.5) is 5.82 Å². The van der Waals surface area contributed by atoms with Gasteiger partial charge in [0.05, 0.1) is 12.5 Å². The van der Waals surface area contributed by atoms with Crippen molar-refractivity contribution in [1.29, 1.82) is 0 Å². The summed E-state index contributed by atoms with van der Waals surface area (Å²) in [5, 5.41) is 0.444. The fourth-order valence-corrected chi connectivity index (χ4v) is 1.41. The second-order valence-corrected chi connectivity index (χ2v) is 3.57. The molecule has 0 aliphatic heterocycles. The molecule has 0 saturated heterocycles. The van der Waals surface area contributed by atoms with Gasteiger partial charge in [-0.05, 0) is 6.07 Å². The van der Waals surface area contributed by atoms with Gasteiger partial charge in [-0.25, -0.2) is 9.97 Å². The highest BCUT2D eigenvalue weighted by Crippen LogP contribution is 2.15. The molecule has 0 aromatic carbocycles. The van der Waals surface area contributed by atoms with Crippen LogP contribution in [-0.4, -0.2) is 17.0 Å². The van der Waals surface area contributed by atoms with E-state index in [-0.39, 0.29) is 0 Å². The molecule has 2 aromatic heterocycles. The predicted molar refractivity (Wildman–Crippen MR) is 57.9 cm³/mol. The third-order valence-corrected chi connectivity index (χ3v) is 2.22. The number of rotatable bonds is 3. The van der Waals surface area contributed by atoms with E-state index in [9.17, 15) is 0 Å². The molecule has 5 heteroatoms. The van der Waals surface area contributed by atoms with Crippen molar-refractivity contribution in [2.24, 2.45) is 0 Å². The molecule has 0 aliphatic carbocycles. The number of hydrogen-bond acceptors (Lipinski definition) is 4. The molecule has 0 spiro atoms. The minimum atomic E-state index is 0.444. The summed E-state index contributed by atoms with van der Waals surface area (Å²) in [5.41, 5.74) is 1.09. The maximum atomic E-state index is 5.77. The van der Waals surface area contributed by atoms with Crippen LogP contribution in [-0.2, 0) is 6.54 Å². The topological polar surface area (TPSA) is 42.2 Å². The van der Waals surface area contributed by atoms with Crippen LogP contribution in [0.25, 0.3) is 0 Å². The van der Waals surface area contributed by atoms with Gasteiger partial charge in [0.25, 0.3) is 0 Å². The normalized spacial score (nSPS) is 10.3. The fraction of sp³-hybridized carbons (Fsp3) is 0.200. The van der Waals surface area contributed by atoms with E-state index in [4.69, 9.17) is 16.0 Å². The van der Waals surface area contributed by atoms with E-state index >= 15 is 0 Å². The van der Waals surface area contributed by atoms with E-state index < -0.39 is 0 Å². The summed E-state index contributed by atoms with van der Waals surface area (Å²) in [6.45, 7) is 0.726. The van der Waals surface area contributed by atoms with Crippen molar-refractivity contribution >= 4 is 17.4 Å². The van der Waals surface area contributed by atoms with Gasteiger partial charge < -0.3 is 9.32 Å². The van der Waals surface area contributed by atoms with Gasteiger partial charge in [0.2, 0.25) is 0 Å². The van der Waals surface area contributed by atoms with Gasteiger partial charge in [0.15, 0.2) is 0 Å². The maximum Gasteiger partial charge on any atom is 0.134 e. The third-order valence-electron chi connectivity index (χ3n) is 2.01. The Hall–Kier alpha value is -1.55. The summed E-state index contributed by atoms with van der Waals surface area (Å²) in [7, 11) is 1.94. The van der Waals surface area contributed by atoms with Crippen molar-refractivity contribution in [2.75, 3.05) is 11.9 Å². The Bertz CT molecular complexity index is 430. The Morgan fingerprint density at radius 1 is 1.47 bits per heavy atom. The smallest absolute Gasteiger partial charge is 0.134 e. The summed E-state index contributed by atoms with van der Waals surface area (Å²) in [6, 6.07) is 3.64. The highest BCUT2D eigenvalue weighted by molar-refractivity contribution is 6.29. The van der Waals surface area contributed by atoms with Gasteiger partial charge in [-0.15, -0.1) is 0 Å². The van der Waals surface area contributed by atoms with Crippen LogP contribution >= 0.6 is 11.6 Å². The zero-order valence-electron chi connectivity index (χ0n) is 8.22. The van der Waals surface area contributed by atoms with Crippen LogP contribution in [0.3, 0.4) is 0 Å².